The van der Waals surface area contributed by atoms with Crippen molar-refractivity contribution in [3.63, 3.8) is 0 Å². The Morgan fingerprint density at radius 1 is 1.10 bits per heavy atom. The van der Waals surface area contributed by atoms with Crippen LogP contribution in [0.25, 0.3) is 0 Å². The largest absolute Gasteiger partial charge is 0.497 e. The number of rotatable bonds is 5. The molecule has 0 aromatic heterocycles. The Morgan fingerprint density at radius 2 is 1.75 bits per heavy atom. The maximum atomic E-state index is 12.1. The molecule has 0 saturated heterocycles. The molecule has 0 aliphatic rings. The van der Waals surface area contributed by atoms with Crippen molar-refractivity contribution in [1.82, 2.24) is 0 Å². The number of hydrogen-bond acceptors (Lipinski definition) is 3. The molecular formula is C15H15NO3S. The molecule has 0 spiro atoms. The number of carbonyl (C=O) groups is 1. The maximum absolute atomic E-state index is 12.1. The quantitative estimate of drug-likeness (QED) is 0.920. The summed E-state index contributed by atoms with van der Waals surface area (Å²) in [4.78, 5) is 12.4. The van der Waals surface area contributed by atoms with Crippen LogP contribution in [0, 0.1) is 0 Å². The number of amides is 1. The van der Waals surface area contributed by atoms with Crippen LogP contribution in [0.15, 0.2) is 59.5 Å². The minimum Gasteiger partial charge on any atom is -0.497 e. The minimum atomic E-state index is -1.37. The highest BCUT2D eigenvalue weighted by Crippen LogP contribution is 2.14. The summed E-state index contributed by atoms with van der Waals surface area (Å²) in [6.07, 6.45) is 0. The van der Waals surface area contributed by atoms with Crippen LogP contribution in [0.1, 0.15) is 0 Å². The van der Waals surface area contributed by atoms with Gasteiger partial charge in [0.2, 0.25) is 5.91 Å². The molecule has 0 bridgehead atoms. The topological polar surface area (TPSA) is 55.4 Å². The molecular weight excluding hydrogens is 274 g/mol. The zero-order chi connectivity index (χ0) is 14.4. The molecule has 2 rings (SSSR count). The number of anilines is 1. The number of benzene rings is 2. The first-order valence-corrected chi connectivity index (χ1v) is 7.38. The predicted octanol–water partition coefficient (Wildman–Crippen LogP) is 2.44. The second kappa shape index (κ2) is 6.86. The van der Waals surface area contributed by atoms with Crippen molar-refractivity contribution in [2.45, 2.75) is 4.90 Å². The number of carbonyl (C=O) groups excluding carboxylic acids is 1. The summed E-state index contributed by atoms with van der Waals surface area (Å²) in [6.45, 7) is 0. The fourth-order valence-corrected chi connectivity index (χ4v) is 2.57. The molecule has 0 fully saturated rings. The second-order valence-electron chi connectivity index (χ2n) is 4.08. The van der Waals surface area contributed by atoms with E-state index >= 15 is 0 Å². The van der Waals surface area contributed by atoms with Crippen LogP contribution >= 0.6 is 0 Å². The molecule has 0 unspecified atom stereocenters. The highest BCUT2D eigenvalue weighted by molar-refractivity contribution is 7.85. The van der Waals surface area contributed by atoms with Gasteiger partial charge in [-0.25, -0.2) is 0 Å². The van der Waals surface area contributed by atoms with E-state index in [0.717, 1.165) is 0 Å². The number of nitrogens with one attached hydrogen (secondary N) is 1. The Kier molecular flexibility index (Phi) is 4.90. The molecule has 0 heterocycles. The van der Waals surface area contributed by atoms with E-state index in [-0.39, 0.29) is 11.7 Å². The molecule has 0 aliphatic heterocycles. The van der Waals surface area contributed by atoms with Gasteiger partial charge in [-0.2, -0.15) is 0 Å². The highest BCUT2D eigenvalue weighted by Gasteiger charge is 2.10. The first-order valence-electron chi connectivity index (χ1n) is 6.06. The summed E-state index contributed by atoms with van der Waals surface area (Å²) < 4.78 is 17.1. The Balaban J connectivity index is 1.95. The Bertz CT molecular complexity index is 596. The molecule has 4 nitrogen and oxygen atoms in total. The maximum Gasteiger partial charge on any atom is 0.237 e. The van der Waals surface area contributed by atoms with E-state index in [0.29, 0.717) is 16.3 Å². The van der Waals surface area contributed by atoms with Crippen molar-refractivity contribution >= 4 is 22.4 Å². The summed E-state index contributed by atoms with van der Waals surface area (Å²) in [6, 6.07) is 15.9. The molecule has 2 aromatic carbocycles. The fraction of sp³-hybridized carbons (Fsp3) is 0.133. The van der Waals surface area contributed by atoms with E-state index in [2.05, 4.69) is 5.32 Å². The third kappa shape index (κ3) is 3.93. The van der Waals surface area contributed by atoms with Crippen LogP contribution in [-0.2, 0) is 15.6 Å². The van der Waals surface area contributed by atoms with Crippen molar-refractivity contribution in [3.05, 3.63) is 54.6 Å². The smallest absolute Gasteiger partial charge is 0.237 e. The van der Waals surface area contributed by atoms with Crippen LogP contribution in [0.3, 0.4) is 0 Å². The molecule has 0 radical (unpaired) electrons. The zero-order valence-corrected chi connectivity index (χ0v) is 11.9. The summed E-state index contributed by atoms with van der Waals surface area (Å²) in [7, 11) is 0.204. The molecule has 104 valence electrons. The summed E-state index contributed by atoms with van der Waals surface area (Å²) in [5.74, 6) is 0.353. The first kappa shape index (κ1) is 14.3. The van der Waals surface area contributed by atoms with Gasteiger partial charge in [0.05, 0.1) is 17.9 Å². The third-order valence-electron chi connectivity index (χ3n) is 2.64. The Labute approximate surface area is 120 Å². The Hall–Kier alpha value is -2.14. The van der Waals surface area contributed by atoms with Gasteiger partial charge in [0.15, 0.2) is 0 Å². The van der Waals surface area contributed by atoms with Gasteiger partial charge in [0.1, 0.15) is 11.5 Å². The van der Waals surface area contributed by atoms with Crippen LogP contribution in [0.4, 0.5) is 5.69 Å². The van der Waals surface area contributed by atoms with Gasteiger partial charge in [-0.3, -0.25) is 9.00 Å². The molecule has 5 heteroatoms. The zero-order valence-electron chi connectivity index (χ0n) is 11.0. The highest BCUT2D eigenvalue weighted by atomic mass is 32.2. The Morgan fingerprint density at radius 3 is 2.35 bits per heavy atom. The van der Waals surface area contributed by atoms with Crippen molar-refractivity contribution in [3.8, 4) is 5.75 Å². The van der Waals surface area contributed by atoms with E-state index in [1.54, 1.807) is 43.5 Å². The normalized spacial score (nSPS) is 11.7. The molecule has 20 heavy (non-hydrogen) atoms. The van der Waals surface area contributed by atoms with Crippen LogP contribution < -0.4 is 10.1 Å². The molecule has 0 saturated carbocycles. The number of hydrogen-bond donors (Lipinski definition) is 1. The van der Waals surface area contributed by atoms with Gasteiger partial charge in [0.25, 0.3) is 0 Å². The number of ether oxygens (including phenoxy) is 1. The van der Waals surface area contributed by atoms with Crippen molar-refractivity contribution in [2.75, 3.05) is 18.2 Å². The van der Waals surface area contributed by atoms with E-state index in [1.807, 2.05) is 18.2 Å². The molecule has 1 N–H and O–H groups in total. The van der Waals surface area contributed by atoms with Crippen molar-refractivity contribution < 1.29 is 13.7 Å². The van der Waals surface area contributed by atoms with E-state index in [4.69, 9.17) is 4.74 Å². The van der Waals surface area contributed by atoms with Crippen LogP contribution in [0.2, 0.25) is 0 Å². The lowest BCUT2D eigenvalue weighted by Gasteiger charge is -2.06. The third-order valence-corrected chi connectivity index (χ3v) is 3.96. The lowest BCUT2D eigenvalue weighted by Crippen LogP contribution is -2.19. The summed E-state index contributed by atoms with van der Waals surface area (Å²) in [5, 5.41) is 2.71. The molecule has 0 aliphatic carbocycles. The van der Waals surface area contributed by atoms with Gasteiger partial charge in [-0.15, -0.1) is 0 Å². The van der Waals surface area contributed by atoms with Crippen LogP contribution in [-0.4, -0.2) is 23.0 Å². The predicted molar refractivity (Wildman–Crippen MR) is 79.3 cm³/mol. The number of methoxy groups -OCH3 is 1. The standard InChI is InChI=1S/C15H15NO3S/c1-19-13-7-9-14(10-8-13)20(18)11-15(17)16-12-5-3-2-4-6-12/h2-10H,11H2,1H3,(H,16,17)/t20-/m1/s1. The average molecular weight is 289 g/mol. The molecule has 1 amide bonds. The van der Waals surface area contributed by atoms with Gasteiger partial charge < -0.3 is 10.1 Å². The monoisotopic (exact) mass is 289 g/mol. The number of para-hydroxylation sites is 1. The summed E-state index contributed by atoms with van der Waals surface area (Å²) in [5.41, 5.74) is 0.698. The van der Waals surface area contributed by atoms with Gasteiger partial charge in [0, 0.05) is 10.6 Å². The lowest BCUT2D eigenvalue weighted by atomic mass is 10.3. The van der Waals surface area contributed by atoms with Crippen molar-refractivity contribution in [2.24, 2.45) is 0 Å². The fourth-order valence-electron chi connectivity index (χ4n) is 1.65. The van der Waals surface area contributed by atoms with E-state index in [9.17, 15) is 9.00 Å². The van der Waals surface area contributed by atoms with Crippen LogP contribution in [0.5, 0.6) is 5.75 Å². The lowest BCUT2D eigenvalue weighted by molar-refractivity contribution is -0.113. The van der Waals surface area contributed by atoms with E-state index < -0.39 is 10.8 Å². The minimum absolute atomic E-state index is 0.0682. The van der Waals surface area contributed by atoms with Gasteiger partial charge in [-0.05, 0) is 36.4 Å². The van der Waals surface area contributed by atoms with E-state index in [1.165, 1.54) is 0 Å². The second-order valence-corrected chi connectivity index (χ2v) is 5.53. The SMILES string of the molecule is COc1ccc([S@](=O)CC(=O)Nc2ccccc2)cc1. The van der Waals surface area contributed by atoms with Gasteiger partial charge >= 0.3 is 0 Å². The average Bonchev–Trinajstić information content (AvgIpc) is 2.48. The first-order chi connectivity index (χ1) is 9.69. The molecule has 2 aromatic rings. The molecule has 1 atom stereocenters. The summed E-state index contributed by atoms with van der Waals surface area (Å²) >= 11 is 0. The van der Waals surface area contributed by atoms with Crippen molar-refractivity contribution in [1.29, 1.82) is 0 Å². The van der Waals surface area contributed by atoms with Gasteiger partial charge in [-0.1, -0.05) is 18.2 Å².